The fourth-order valence-corrected chi connectivity index (χ4v) is 4.31. The number of hydrogen-bond donors (Lipinski definition) is 0. The third kappa shape index (κ3) is 3.91. The van der Waals surface area contributed by atoms with E-state index in [2.05, 4.69) is 35.3 Å². The van der Waals surface area contributed by atoms with Crippen LogP contribution in [-0.2, 0) is 17.8 Å². The molecule has 6 heteroatoms. The number of para-hydroxylation sites is 1. The molecule has 4 aromatic rings. The van der Waals surface area contributed by atoms with Crippen molar-refractivity contribution in [1.82, 2.24) is 15.2 Å². The Morgan fingerprint density at radius 3 is 2.66 bits per heavy atom. The van der Waals surface area contributed by atoms with Crippen LogP contribution in [0.25, 0.3) is 22.6 Å². The van der Waals surface area contributed by atoms with Crippen LogP contribution in [0.1, 0.15) is 52.3 Å². The number of rotatable bonds is 4. The maximum atomic E-state index is 13.3. The minimum absolute atomic E-state index is 0.0621. The quantitative estimate of drug-likeness (QED) is 0.407. The van der Waals surface area contributed by atoms with Crippen molar-refractivity contribution >= 4 is 28.5 Å². The van der Waals surface area contributed by atoms with E-state index in [-0.39, 0.29) is 12.5 Å². The number of aryl methyl sites for hydroxylation is 1. The van der Waals surface area contributed by atoms with Crippen molar-refractivity contribution < 1.29 is 13.9 Å². The van der Waals surface area contributed by atoms with E-state index in [1.165, 1.54) is 0 Å². The van der Waals surface area contributed by atoms with Crippen LogP contribution < -0.4 is 0 Å². The summed E-state index contributed by atoms with van der Waals surface area (Å²) in [7, 11) is 0. The molecule has 0 radical (unpaired) electrons. The summed E-state index contributed by atoms with van der Waals surface area (Å²) in [4.78, 5) is 18.3. The highest BCUT2D eigenvalue weighted by atomic mass is 16.5. The number of benzene rings is 2. The molecule has 0 saturated carbocycles. The molecule has 1 atom stereocenters. The molecule has 5 rings (SSSR count). The Morgan fingerprint density at radius 1 is 1.09 bits per heavy atom. The summed E-state index contributed by atoms with van der Waals surface area (Å²) >= 11 is 0. The van der Waals surface area contributed by atoms with Crippen molar-refractivity contribution in [3.05, 3.63) is 88.8 Å². The molecule has 0 amide bonds. The fourth-order valence-electron chi connectivity index (χ4n) is 4.31. The van der Waals surface area contributed by atoms with Gasteiger partial charge in [0.15, 0.2) is 6.61 Å². The average Bonchev–Trinajstić information content (AvgIpc) is 3.22. The molecule has 1 unspecified atom stereocenters. The Hall–Kier alpha value is -3.80. The van der Waals surface area contributed by atoms with Crippen LogP contribution in [0.2, 0.25) is 0 Å². The normalized spacial score (nSPS) is 16.8. The zero-order valence-electron chi connectivity index (χ0n) is 18.0. The highest BCUT2D eigenvalue weighted by molar-refractivity contribution is 6.06. The van der Waals surface area contributed by atoms with Crippen molar-refractivity contribution in [2.45, 2.75) is 33.3 Å². The van der Waals surface area contributed by atoms with Crippen molar-refractivity contribution in [3.63, 3.8) is 0 Å². The third-order valence-corrected chi connectivity index (χ3v) is 5.66. The van der Waals surface area contributed by atoms with Crippen molar-refractivity contribution in [2.75, 3.05) is 0 Å². The van der Waals surface area contributed by atoms with Gasteiger partial charge in [0.25, 0.3) is 5.89 Å². The van der Waals surface area contributed by atoms with Crippen LogP contribution in [0.3, 0.4) is 0 Å². The van der Waals surface area contributed by atoms with Gasteiger partial charge in [0.05, 0.1) is 16.8 Å². The van der Waals surface area contributed by atoms with Gasteiger partial charge in [-0.15, -0.1) is 10.2 Å². The van der Waals surface area contributed by atoms with E-state index in [4.69, 9.17) is 14.1 Å². The predicted octanol–water partition coefficient (Wildman–Crippen LogP) is 5.41. The fraction of sp³-hybridized carbons (Fsp3) is 0.231. The molecule has 32 heavy (non-hydrogen) atoms. The van der Waals surface area contributed by atoms with Gasteiger partial charge in [-0.3, -0.25) is 0 Å². The molecule has 2 heterocycles. The summed E-state index contributed by atoms with van der Waals surface area (Å²) in [6.45, 7) is 3.84. The van der Waals surface area contributed by atoms with Crippen LogP contribution in [-0.4, -0.2) is 21.2 Å². The highest BCUT2D eigenvalue weighted by Crippen LogP contribution is 2.38. The Labute approximate surface area is 186 Å². The molecule has 0 saturated heterocycles. The second-order valence-electron chi connectivity index (χ2n) is 8.22. The molecule has 160 valence electrons. The van der Waals surface area contributed by atoms with Gasteiger partial charge in [0.2, 0.25) is 5.89 Å². The van der Waals surface area contributed by atoms with E-state index in [9.17, 15) is 4.79 Å². The van der Waals surface area contributed by atoms with Gasteiger partial charge < -0.3 is 9.15 Å². The van der Waals surface area contributed by atoms with Crippen molar-refractivity contribution in [1.29, 1.82) is 0 Å². The number of allylic oxidation sites excluding steroid dienone is 1. The minimum Gasteiger partial charge on any atom is -0.452 e. The lowest BCUT2D eigenvalue weighted by molar-refractivity contribution is 0.0437. The molecule has 2 aromatic heterocycles. The maximum Gasteiger partial charge on any atom is 0.339 e. The number of hydrogen-bond acceptors (Lipinski definition) is 6. The van der Waals surface area contributed by atoms with E-state index in [0.717, 1.165) is 46.1 Å². The molecular formula is C26H23N3O3. The van der Waals surface area contributed by atoms with E-state index in [1.54, 1.807) is 6.92 Å². The Kier molecular flexibility index (Phi) is 5.27. The first-order valence-corrected chi connectivity index (χ1v) is 10.7. The highest BCUT2D eigenvalue weighted by Gasteiger charge is 2.29. The smallest absolute Gasteiger partial charge is 0.339 e. The summed E-state index contributed by atoms with van der Waals surface area (Å²) < 4.78 is 11.0. The van der Waals surface area contributed by atoms with Gasteiger partial charge in [0.1, 0.15) is 0 Å². The standard InChI is InChI=1S/C26H23N3O3/c1-16-12-19(14-18-8-4-3-5-9-18)25-21(13-16)24(20-10-6-7-11-22(20)27-25)26(30)31-15-23-29-28-17(2)32-23/h3-11,14,16H,12-13,15H2,1-2H3. The Balaban J connectivity index is 1.62. The molecule has 0 N–H and O–H groups in total. The Bertz CT molecular complexity index is 1320. The number of fused-ring (bicyclic) bond motifs is 2. The number of carbonyl (C=O) groups is 1. The molecular weight excluding hydrogens is 402 g/mol. The van der Waals surface area contributed by atoms with Crippen LogP contribution in [0, 0.1) is 12.8 Å². The number of esters is 1. The average molecular weight is 425 g/mol. The van der Waals surface area contributed by atoms with E-state index in [1.807, 2.05) is 42.5 Å². The molecule has 1 aliphatic carbocycles. The number of ether oxygens (including phenoxy) is 1. The first-order chi connectivity index (χ1) is 15.6. The topological polar surface area (TPSA) is 78.1 Å². The van der Waals surface area contributed by atoms with Crippen LogP contribution >= 0.6 is 0 Å². The molecule has 2 aromatic carbocycles. The maximum absolute atomic E-state index is 13.3. The summed E-state index contributed by atoms with van der Waals surface area (Å²) in [6.07, 6.45) is 3.85. The second kappa shape index (κ2) is 8.38. The second-order valence-corrected chi connectivity index (χ2v) is 8.22. The summed E-state index contributed by atoms with van der Waals surface area (Å²) in [6, 6.07) is 17.9. The van der Waals surface area contributed by atoms with Gasteiger partial charge >= 0.3 is 5.97 Å². The SMILES string of the molecule is Cc1nnc(COC(=O)c2c3c(nc4ccccc24)C(=Cc2ccccc2)CC(C)C3)o1. The van der Waals surface area contributed by atoms with Crippen molar-refractivity contribution in [3.8, 4) is 0 Å². The largest absolute Gasteiger partial charge is 0.452 e. The molecule has 1 aliphatic rings. The third-order valence-electron chi connectivity index (χ3n) is 5.66. The van der Waals surface area contributed by atoms with Crippen LogP contribution in [0.5, 0.6) is 0 Å². The summed E-state index contributed by atoms with van der Waals surface area (Å²) in [5.74, 6) is 0.697. The van der Waals surface area contributed by atoms with Gasteiger partial charge in [-0.2, -0.15) is 0 Å². The number of carbonyl (C=O) groups excluding carboxylic acids is 1. The molecule has 0 bridgehead atoms. The molecule has 0 fully saturated rings. The first-order valence-electron chi connectivity index (χ1n) is 10.7. The van der Waals surface area contributed by atoms with Crippen molar-refractivity contribution in [2.24, 2.45) is 5.92 Å². The minimum atomic E-state index is -0.399. The van der Waals surface area contributed by atoms with Crippen LogP contribution in [0.4, 0.5) is 0 Å². The zero-order chi connectivity index (χ0) is 22.1. The Morgan fingerprint density at radius 2 is 1.88 bits per heavy atom. The lowest BCUT2D eigenvalue weighted by Crippen LogP contribution is -2.19. The number of pyridine rings is 1. The van der Waals surface area contributed by atoms with E-state index < -0.39 is 5.97 Å². The summed E-state index contributed by atoms with van der Waals surface area (Å²) in [5.41, 5.74) is 5.43. The van der Waals surface area contributed by atoms with E-state index >= 15 is 0 Å². The number of nitrogens with zero attached hydrogens (tertiary/aromatic N) is 3. The molecule has 0 aliphatic heterocycles. The molecule has 0 spiro atoms. The lowest BCUT2D eigenvalue weighted by Gasteiger charge is -2.26. The zero-order valence-corrected chi connectivity index (χ0v) is 18.0. The predicted molar refractivity (Wildman–Crippen MR) is 122 cm³/mol. The first kappa shape index (κ1) is 20.1. The lowest BCUT2D eigenvalue weighted by atomic mass is 9.80. The van der Waals surface area contributed by atoms with Gasteiger partial charge in [-0.05, 0) is 47.6 Å². The van der Waals surface area contributed by atoms with Gasteiger partial charge in [-0.25, -0.2) is 9.78 Å². The molecule has 6 nitrogen and oxygen atoms in total. The van der Waals surface area contributed by atoms with E-state index in [0.29, 0.717) is 17.4 Å². The van der Waals surface area contributed by atoms with Gasteiger partial charge in [-0.1, -0.05) is 55.5 Å². The van der Waals surface area contributed by atoms with Crippen LogP contribution in [0.15, 0.2) is 59.0 Å². The summed E-state index contributed by atoms with van der Waals surface area (Å²) in [5, 5.41) is 8.51. The van der Waals surface area contributed by atoms with Gasteiger partial charge in [0, 0.05) is 12.3 Å². The monoisotopic (exact) mass is 425 g/mol. The number of aromatic nitrogens is 3.